The van der Waals surface area contributed by atoms with Crippen molar-refractivity contribution in [3.63, 3.8) is 0 Å². The summed E-state index contributed by atoms with van der Waals surface area (Å²) in [4.78, 5) is 9.68. The Balaban J connectivity index is 0.000000524. The topological polar surface area (TPSA) is 98.9 Å². The number of nitrogens with one attached hydrogen (secondary N) is 1. The van der Waals surface area contributed by atoms with E-state index in [-0.39, 0.29) is 0 Å². The van der Waals surface area contributed by atoms with Gasteiger partial charge in [0.15, 0.2) is 0 Å². The molecule has 0 atom stereocenters. The minimum absolute atomic E-state index is 0.661. The standard InChI is InChI=1S/C28H30N8.C4H7N2/c1-6-29-27-32-26-20(2)12-11-15-25(26)35(27)18-9-10-19-36-24-14-8-7-13-23(24)33(4)28(36)31-21(3)22-16-17-30-34(22)5;1-4-2-3-6(4)5/h6-17H,1,3,18-19H2,2,4-5H3,(H,29,32);2-3H,5H2,1H3/q;+1/b10-9+,31-28?;. The average Bonchev–Trinajstić information content (AvgIpc) is 3.66. The molecule has 0 fully saturated rings. The Kier molecular flexibility index (Phi) is 8.05. The van der Waals surface area contributed by atoms with Gasteiger partial charge in [-0.15, -0.1) is 0 Å². The Morgan fingerprint density at radius 1 is 1.00 bits per heavy atom. The van der Waals surface area contributed by atoms with E-state index < -0.39 is 0 Å². The van der Waals surface area contributed by atoms with Gasteiger partial charge in [0, 0.05) is 40.3 Å². The molecule has 0 saturated heterocycles. The third-order valence-electron chi connectivity index (χ3n) is 7.26. The van der Waals surface area contributed by atoms with Gasteiger partial charge in [0.25, 0.3) is 0 Å². The molecule has 0 amide bonds. The third-order valence-corrected chi connectivity index (χ3v) is 7.26. The first-order valence-electron chi connectivity index (χ1n) is 13.7. The number of para-hydroxylation sites is 3. The zero-order valence-corrected chi connectivity index (χ0v) is 24.6. The maximum atomic E-state index is 5.23. The summed E-state index contributed by atoms with van der Waals surface area (Å²) in [5, 5.41) is 7.42. The molecule has 0 aliphatic carbocycles. The molecule has 2 aromatic carbocycles. The number of hydrazine groups is 1. The average molecular weight is 562 g/mol. The fraction of sp³-hybridized carbons (Fsp3) is 0.188. The maximum Gasteiger partial charge on any atom is 0.214 e. The molecule has 0 radical (unpaired) electrons. The van der Waals surface area contributed by atoms with Crippen LogP contribution < -0.4 is 16.8 Å². The van der Waals surface area contributed by atoms with E-state index >= 15 is 0 Å². The molecular formula is C32H37N10+. The van der Waals surface area contributed by atoms with E-state index in [4.69, 9.17) is 15.8 Å². The van der Waals surface area contributed by atoms with Crippen molar-refractivity contribution in [2.24, 2.45) is 24.9 Å². The molecule has 0 unspecified atom stereocenters. The van der Waals surface area contributed by atoms with Crippen LogP contribution in [0.5, 0.6) is 0 Å². The van der Waals surface area contributed by atoms with Crippen LogP contribution in [0.25, 0.3) is 27.8 Å². The zero-order valence-electron chi connectivity index (χ0n) is 24.6. The number of aromatic nitrogens is 6. The van der Waals surface area contributed by atoms with Crippen LogP contribution in [0.2, 0.25) is 0 Å². The molecule has 6 rings (SSSR count). The number of rotatable bonds is 8. The second-order valence-electron chi connectivity index (χ2n) is 10.0. The summed E-state index contributed by atoms with van der Waals surface area (Å²) in [5.74, 6) is 6.01. The summed E-state index contributed by atoms with van der Waals surface area (Å²) < 4.78 is 9.82. The number of fused-ring (bicyclic) bond motifs is 2. The number of hydrazone groups is 1. The molecule has 10 heteroatoms. The summed E-state index contributed by atoms with van der Waals surface area (Å²) in [7, 11) is 3.93. The molecule has 1 aliphatic heterocycles. The minimum atomic E-state index is 0.661. The molecule has 3 aromatic heterocycles. The lowest BCUT2D eigenvalue weighted by Gasteiger charge is -2.06. The van der Waals surface area contributed by atoms with Crippen LogP contribution in [0.1, 0.15) is 18.2 Å². The number of nitrogens with two attached hydrogens (primary N) is 1. The Morgan fingerprint density at radius 2 is 1.69 bits per heavy atom. The lowest BCUT2D eigenvalue weighted by atomic mass is 10.2. The van der Waals surface area contributed by atoms with Crippen LogP contribution >= 0.6 is 0 Å². The van der Waals surface area contributed by atoms with Crippen molar-refractivity contribution < 1.29 is 4.68 Å². The first kappa shape index (κ1) is 28.2. The molecule has 4 heterocycles. The van der Waals surface area contributed by atoms with E-state index in [2.05, 4.69) is 92.7 Å². The quantitative estimate of drug-likeness (QED) is 0.164. The lowest BCUT2D eigenvalue weighted by molar-refractivity contribution is -0.479. The number of hydrogen-bond acceptors (Lipinski definition) is 5. The van der Waals surface area contributed by atoms with Crippen molar-refractivity contribution in [3.05, 3.63) is 115 Å². The molecule has 10 nitrogen and oxygen atoms in total. The highest BCUT2D eigenvalue weighted by atomic mass is 15.3. The van der Waals surface area contributed by atoms with Crippen molar-refractivity contribution in [3.8, 4) is 0 Å². The normalized spacial score (nSPS) is 13.1. The van der Waals surface area contributed by atoms with Crippen LogP contribution in [-0.2, 0) is 27.2 Å². The van der Waals surface area contributed by atoms with Gasteiger partial charge in [0.05, 0.1) is 39.5 Å². The summed E-state index contributed by atoms with van der Waals surface area (Å²) >= 11 is 0. The summed E-state index contributed by atoms with van der Waals surface area (Å²) in [5.41, 5.74) is 8.94. The van der Waals surface area contributed by atoms with E-state index in [0.29, 0.717) is 18.8 Å². The van der Waals surface area contributed by atoms with Crippen molar-refractivity contribution in [1.82, 2.24) is 28.5 Å². The van der Waals surface area contributed by atoms with E-state index in [1.165, 1.54) is 0 Å². The summed E-state index contributed by atoms with van der Waals surface area (Å²) in [6, 6.07) is 16.5. The molecule has 3 N–H and O–H groups in total. The zero-order chi connectivity index (χ0) is 29.8. The second-order valence-corrected chi connectivity index (χ2v) is 10.0. The van der Waals surface area contributed by atoms with Gasteiger partial charge in [-0.1, -0.05) is 54.3 Å². The number of imidazole rings is 2. The minimum Gasteiger partial charge on any atom is -0.333 e. The van der Waals surface area contributed by atoms with E-state index in [1.54, 1.807) is 21.8 Å². The number of anilines is 1. The van der Waals surface area contributed by atoms with Gasteiger partial charge in [-0.25, -0.2) is 15.8 Å². The molecule has 0 bridgehead atoms. The fourth-order valence-electron chi connectivity index (χ4n) is 4.87. The molecule has 5 aromatic rings. The lowest BCUT2D eigenvalue weighted by Crippen LogP contribution is -2.25. The monoisotopic (exact) mass is 561 g/mol. The van der Waals surface area contributed by atoms with Gasteiger partial charge >= 0.3 is 0 Å². The SMILES string of the molecule is C=CNc1nc2c(C)cccc2n1C/C=C/Cn1c(=NC(=C)c2ccnn2C)n(C)c2ccccc21.CC1=[N+](N)C=C1. The Bertz CT molecular complexity index is 1940. The van der Waals surface area contributed by atoms with Gasteiger partial charge in [-0.05, 0) is 43.0 Å². The predicted molar refractivity (Wildman–Crippen MR) is 170 cm³/mol. The number of benzene rings is 2. The van der Waals surface area contributed by atoms with Crippen LogP contribution in [0.3, 0.4) is 0 Å². The van der Waals surface area contributed by atoms with Crippen molar-refractivity contribution >= 4 is 39.4 Å². The van der Waals surface area contributed by atoms with E-state index in [9.17, 15) is 0 Å². The van der Waals surface area contributed by atoms with Crippen LogP contribution in [0.4, 0.5) is 5.95 Å². The predicted octanol–water partition coefficient (Wildman–Crippen LogP) is 4.62. The van der Waals surface area contributed by atoms with Crippen molar-refractivity contribution in [1.29, 1.82) is 0 Å². The van der Waals surface area contributed by atoms with Gasteiger partial charge in [-0.3, -0.25) is 4.68 Å². The van der Waals surface area contributed by atoms with Crippen molar-refractivity contribution in [2.45, 2.75) is 26.9 Å². The molecule has 214 valence electrons. The number of allylic oxidation sites excluding steroid dienone is 3. The highest BCUT2D eigenvalue weighted by Crippen LogP contribution is 2.23. The highest BCUT2D eigenvalue weighted by molar-refractivity contribution is 5.91. The second kappa shape index (κ2) is 12.0. The largest absolute Gasteiger partial charge is 0.333 e. The van der Waals surface area contributed by atoms with Crippen LogP contribution in [0, 0.1) is 6.92 Å². The molecular weight excluding hydrogens is 524 g/mol. The highest BCUT2D eigenvalue weighted by Gasteiger charge is 2.12. The molecule has 1 aliphatic rings. The first-order chi connectivity index (χ1) is 20.3. The number of aryl methyl sites for hydroxylation is 3. The smallest absolute Gasteiger partial charge is 0.214 e. The van der Waals surface area contributed by atoms with Crippen LogP contribution in [0.15, 0.2) is 104 Å². The van der Waals surface area contributed by atoms with Gasteiger partial charge < -0.3 is 19.0 Å². The molecule has 42 heavy (non-hydrogen) atoms. The Morgan fingerprint density at radius 3 is 2.31 bits per heavy atom. The van der Waals surface area contributed by atoms with Crippen LogP contribution in [-0.4, -0.2) is 38.9 Å². The van der Waals surface area contributed by atoms with Crippen molar-refractivity contribution in [2.75, 3.05) is 5.32 Å². The fourth-order valence-corrected chi connectivity index (χ4v) is 4.87. The molecule has 0 spiro atoms. The summed E-state index contributed by atoms with van der Waals surface area (Å²) in [6.45, 7) is 13.4. The van der Waals surface area contributed by atoms with Gasteiger partial charge in [0.1, 0.15) is 0 Å². The Labute approximate surface area is 245 Å². The number of hydrogen-bond donors (Lipinski definition) is 2. The number of nitrogens with zero attached hydrogens (tertiary/aromatic N) is 8. The third kappa shape index (κ3) is 5.46. The van der Waals surface area contributed by atoms with E-state index in [0.717, 1.165) is 50.6 Å². The molecule has 0 saturated carbocycles. The van der Waals surface area contributed by atoms with Gasteiger partial charge in [0.2, 0.25) is 23.5 Å². The Hall–Kier alpha value is -5.38. The van der Waals surface area contributed by atoms with Gasteiger partial charge in [-0.2, -0.15) is 5.10 Å². The van der Waals surface area contributed by atoms with E-state index in [1.807, 2.05) is 45.4 Å². The first-order valence-corrected chi connectivity index (χ1v) is 13.7. The maximum absolute atomic E-state index is 5.23. The summed E-state index contributed by atoms with van der Waals surface area (Å²) in [6.07, 6.45) is 11.5.